The average molecular weight is 291 g/mol. The van der Waals surface area contributed by atoms with Crippen molar-refractivity contribution >= 4 is 5.97 Å². The number of aromatic nitrogens is 1. The Labute approximate surface area is 122 Å². The molecule has 1 aromatic carbocycles. The molecular formula is C15H17NO5. The van der Waals surface area contributed by atoms with Gasteiger partial charge in [0.25, 0.3) is 0 Å². The van der Waals surface area contributed by atoms with Crippen molar-refractivity contribution in [3.63, 3.8) is 0 Å². The summed E-state index contributed by atoms with van der Waals surface area (Å²) in [5.41, 5.74) is 0.910. The molecule has 0 aliphatic heterocycles. The summed E-state index contributed by atoms with van der Waals surface area (Å²) in [5.74, 6) is -0.475. The van der Waals surface area contributed by atoms with Crippen LogP contribution in [0.5, 0.6) is 5.75 Å². The molecule has 2 aromatic rings. The molecule has 0 radical (unpaired) electrons. The van der Waals surface area contributed by atoms with Crippen molar-refractivity contribution in [2.24, 2.45) is 0 Å². The van der Waals surface area contributed by atoms with Crippen molar-refractivity contribution in [1.82, 2.24) is 4.98 Å². The maximum Gasteiger partial charge on any atom is 0.373 e. The fourth-order valence-electron chi connectivity index (χ4n) is 1.85. The number of carbonyl (C=O) groups is 1. The number of ether oxygens (including phenoxy) is 2. The van der Waals surface area contributed by atoms with Gasteiger partial charge in [0.15, 0.2) is 0 Å². The van der Waals surface area contributed by atoms with E-state index in [0.717, 1.165) is 0 Å². The highest BCUT2D eigenvalue weighted by Crippen LogP contribution is 2.26. The molecule has 0 aliphatic carbocycles. The minimum absolute atomic E-state index is 0.0449. The van der Waals surface area contributed by atoms with Crippen molar-refractivity contribution in [2.45, 2.75) is 26.6 Å². The van der Waals surface area contributed by atoms with Gasteiger partial charge in [0.05, 0.1) is 12.7 Å². The Morgan fingerprint density at radius 1 is 1.43 bits per heavy atom. The van der Waals surface area contributed by atoms with Gasteiger partial charge in [-0.1, -0.05) is 6.07 Å². The van der Waals surface area contributed by atoms with E-state index in [9.17, 15) is 4.79 Å². The van der Waals surface area contributed by atoms with Crippen LogP contribution in [0.15, 0.2) is 28.7 Å². The van der Waals surface area contributed by atoms with Gasteiger partial charge in [0.1, 0.15) is 11.4 Å². The molecule has 0 fully saturated rings. The Morgan fingerprint density at radius 2 is 2.19 bits per heavy atom. The molecule has 0 aliphatic rings. The molecule has 0 spiro atoms. The summed E-state index contributed by atoms with van der Waals surface area (Å²) in [7, 11) is 1.47. The van der Waals surface area contributed by atoms with Gasteiger partial charge in [-0.15, -0.1) is 0 Å². The first-order valence-corrected chi connectivity index (χ1v) is 6.50. The lowest BCUT2D eigenvalue weighted by molar-refractivity contribution is 0.0656. The van der Waals surface area contributed by atoms with Crippen LogP contribution in [0, 0.1) is 0 Å². The number of rotatable bonds is 6. The predicted octanol–water partition coefficient (Wildman–Crippen LogP) is 2.97. The highest BCUT2D eigenvalue weighted by atomic mass is 16.5. The number of hydrogen-bond donors (Lipinski definition) is 1. The number of nitrogens with zero attached hydrogens (tertiary/aromatic N) is 1. The molecule has 0 amide bonds. The first kappa shape index (κ1) is 15.1. The molecule has 0 saturated heterocycles. The number of carboxylic acids is 1. The Balaban J connectivity index is 2.37. The van der Waals surface area contributed by atoms with Crippen molar-refractivity contribution in [3.8, 4) is 17.2 Å². The molecule has 0 unspecified atom stereocenters. The first-order valence-electron chi connectivity index (χ1n) is 6.50. The summed E-state index contributed by atoms with van der Waals surface area (Å²) in [4.78, 5) is 15.3. The van der Waals surface area contributed by atoms with Crippen molar-refractivity contribution in [1.29, 1.82) is 0 Å². The van der Waals surface area contributed by atoms with Crippen LogP contribution >= 0.6 is 0 Å². The summed E-state index contributed by atoms with van der Waals surface area (Å²) < 4.78 is 15.9. The van der Waals surface area contributed by atoms with Gasteiger partial charge in [-0.05, 0) is 32.0 Å². The molecule has 6 heteroatoms. The molecule has 21 heavy (non-hydrogen) atoms. The van der Waals surface area contributed by atoms with E-state index in [1.54, 1.807) is 18.2 Å². The van der Waals surface area contributed by atoms with E-state index in [-0.39, 0.29) is 30.1 Å². The van der Waals surface area contributed by atoms with Crippen LogP contribution < -0.4 is 4.74 Å². The summed E-state index contributed by atoms with van der Waals surface area (Å²) in [6.45, 7) is 3.93. The van der Waals surface area contributed by atoms with Gasteiger partial charge in [0.2, 0.25) is 11.7 Å². The van der Waals surface area contributed by atoms with Crippen LogP contribution in [0.25, 0.3) is 11.5 Å². The molecular weight excluding hydrogens is 274 g/mol. The van der Waals surface area contributed by atoms with Gasteiger partial charge in [0, 0.05) is 12.7 Å². The summed E-state index contributed by atoms with van der Waals surface area (Å²) >= 11 is 0. The zero-order valence-electron chi connectivity index (χ0n) is 12.1. The van der Waals surface area contributed by atoms with E-state index in [2.05, 4.69) is 4.98 Å². The van der Waals surface area contributed by atoms with Crippen LogP contribution in [0.4, 0.5) is 0 Å². The maximum atomic E-state index is 11.1. The van der Waals surface area contributed by atoms with Gasteiger partial charge >= 0.3 is 5.97 Å². The zero-order valence-corrected chi connectivity index (χ0v) is 12.1. The molecule has 1 aromatic heterocycles. The largest absolute Gasteiger partial charge is 0.491 e. The van der Waals surface area contributed by atoms with E-state index in [1.165, 1.54) is 7.11 Å². The van der Waals surface area contributed by atoms with E-state index >= 15 is 0 Å². The van der Waals surface area contributed by atoms with E-state index in [1.807, 2.05) is 19.9 Å². The molecule has 1 heterocycles. The fourth-order valence-corrected chi connectivity index (χ4v) is 1.85. The average Bonchev–Trinajstić information content (AvgIpc) is 2.83. The Bertz CT molecular complexity index is 633. The van der Waals surface area contributed by atoms with Crippen molar-refractivity contribution in [2.75, 3.05) is 7.11 Å². The second kappa shape index (κ2) is 6.41. The summed E-state index contributed by atoms with van der Waals surface area (Å²) in [5, 5.41) is 9.11. The van der Waals surface area contributed by atoms with Crippen LogP contribution in [0.3, 0.4) is 0 Å². The van der Waals surface area contributed by atoms with E-state index in [0.29, 0.717) is 11.3 Å². The van der Waals surface area contributed by atoms with Gasteiger partial charge in [-0.3, -0.25) is 0 Å². The quantitative estimate of drug-likeness (QED) is 0.881. The minimum Gasteiger partial charge on any atom is -0.491 e. The van der Waals surface area contributed by atoms with Crippen LogP contribution in [-0.4, -0.2) is 29.3 Å². The lowest BCUT2D eigenvalue weighted by Gasteiger charge is -2.09. The van der Waals surface area contributed by atoms with Crippen LogP contribution in [0.2, 0.25) is 0 Å². The van der Waals surface area contributed by atoms with Gasteiger partial charge in [-0.2, -0.15) is 0 Å². The molecule has 1 N–H and O–H groups in total. The molecule has 6 nitrogen and oxygen atoms in total. The predicted molar refractivity (Wildman–Crippen MR) is 75.4 cm³/mol. The minimum atomic E-state index is -1.17. The third kappa shape index (κ3) is 3.61. The molecule has 0 bridgehead atoms. The lowest BCUT2D eigenvalue weighted by Crippen LogP contribution is -2.05. The Morgan fingerprint density at radius 3 is 2.81 bits per heavy atom. The first-order chi connectivity index (χ1) is 10.0. The van der Waals surface area contributed by atoms with E-state index in [4.69, 9.17) is 19.0 Å². The number of carboxylic acid groups (broad SMARTS) is 1. The van der Waals surface area contributed by atoms with Crippen molar-refractivity contribution in [3.05, 3.63) is 35.7 Å². The highest BCUT2D eigenvalue weighted by molar-refractivity contribution is 5.86. The molecule has 0 atom stereocenters. The smallest absolute Gasteiger partial charge is 0.373 e. The van der Waals surface area contributed by atoms with Gasteiger partial charge in [-0.25, -0.2) is 9.78 Å². The second-order valence-electron chi connectivity index (χ2n) is 4.73. The SMILES string of the molecule is COCc1nc(-c2cccc(OC(C)C)c2)oc1C(=O)O. The number of aromatic carboxylic acids is 1. The Kier molecular flexibility index (Phi) is 4.59. The second-order valence-corrected chi connectivity index (χ2v) is 4.73. The number of oxazole rings is 1. The molecule has 2 rings (SSSR count). The summed E-state index contributed by atoms with van der Waals surface area (Å²) in [6, 6.07) is 7.16. The third-order valence-corrected chi connectivity index (χ3v) is 2.63. The molecule has 112 valence electrons. The normalized spacial score (nSPS) is 10.9. The third-order valence-electron chi connectivity index (χ3n) is 2.63. The topological polar surface area (TPSA) is 81.8 Å². The number of benzene rings is 1. The monoisotopic (exact) mass is 291 g/mol. The standard InChI is InChI=1S/C15H17NO5/c1-9(2)20-11-6-4-5-10(7-11)14-16-12(8-19-3)13(21-14)15(17)18/h4-7,9H,8H2,1-3H3,(H,17,18). The molecule has 0 saturated carbocycles. The van der Waals surface area contributed by atoms with Crippen molar-refractivity contribution < 1.29 is 23.8 Å². The summed E-state index contributed by atoms with van der Waals surface area (Å²) in [6.07, 6.45) is 0.0449. The number of hydrogen-bond acceptors (Lipinski definition) is 5. The van der Waals surface area contributed by atoms with E-state index < -0.39 is 5.97 Å². The maximum absolute atomic E-state index is 11.1. The Hall–Kier alpha value is -2.34. The van der Waals surface area contributed by atoms with Gasteiger partial charge < -0.3 is 19.0 Å². The van der Waals surface area contributed by atoms with Crippen LogP contribution in [0.1, 0.15) is 30.1 Å². The van der Waals surface area contributed by atoms with Crippen LogP contribution in [-0.2, 0) is 11.3 Å². The lowest BCUT2D eigenvalue weighted by atomic mass is 10.2. The zero-order chi connectivity index (χ0) is 15.4. The fraction of sp³-hybridized carbons (Fsp3) is 0.333. The number of methoxy groups -OCH3 is 1. The highest BCUT2D eigenvalue weighted by Gasteiger charge is 2.20.